The van der Waals surface area contributed by atoms with Crippen molar-refractivity contribution in [3.05, 3.63) is 87.4 Å². The van der Waals surface area contributed by atoms with Gasteiger partial charge in [0, 0.05) is 11.4 Å². The molecule has 0 bridgehead atoms. The van der Waals surface area contributed by atoms with E-state index in [-0.39, 0.29) is 16.3 Å². The van der Waals surface area contributed by atoms with E-state index in [2.05, 4.69) is 5.32 Å². The Morgan fingerprint density at radius 1 is 0.897 bits per heavy atom. The molecule has 0 spiro atoms. The Hall–Kier alpha value is -4.01. The van der Waals surface area contributed by atoms with E-state index in [1.165, 1.54) is 18.2 Å². The van der Waals surface area contributed by atoms with Crippen LogP contribution in [0.5, 0.6) is 17.2 Å². The Kier molecular flexibility index (Phi) is 9.11. The van der Waals surface area contributed by atoms with Gasteiger partial charge in [-0.3, -0.25) is 14.9 Å². The Morgan fingerprint density at radius 2 is 1.59 bits per heavy atom. The Balaban J connectivity index is 1.49. The van der Waals surface area contributed by atoms with Crippen LogP contribution in [-0.4, -0.2) is 37.7 Å². The van der Waals surface area contributed by atoms with Crippen LogP contribution < -0.4 is 24.4 Å². The van der Waals surface area contributed by atoms with Crippen LogP contribution in [-0.2, 0) is 9.59 Å². The minimum absolute atomic E-state index is 0.238. The number of halogens is 2. The monoisotopic (exact) mass is 568 g/mol. The third-order valence-electron chi connectivity index (χ3n) is 5.65. The van der Waals surface area contributed by atoms with Crippen molar-refractivity contribution in [3.8, 4) is 17.2 Å². The van der Waals surface area contributed by atoms with E-state index in [1.54, 1.807) is 24.3 Å². The predicted molar refractivity (Wildman–Crippen MR) is 150 cm³/mol. The number of aryl methyl sites for hydroxylation is 1. The van der Waals surface area contributed by atoms with Gasteiger partial charge in [-0.2, -0.15) is 0 Å². The molecular formula is C29H26Cl2N2O6. The maximum atomic E-state index is 13.2. The molecule has 8 nitrogen and oxygen atoms in total. The number of imide groups is 2. The lowest BCUT2D eigenvalue weighted by Gasteiger charge is -2.26. The second-order valence-electron chi connectivity index (χ2n) is 8.56. The minimum atomic E-state index is -0.854. The van der Waals surface area contributed by atoms with Gasteiger partial charge in [0.15, 0.2) is 11.5 Å². The zero-order chi connectivity index (χ0) is 27.9. The van der Waals surface area contributed by atoms with E-state index < -0.39 is 17.8 Å². The van der Waals surface area contributed by atoms with Gasteiger partial charge in [-0.1, -0.05) is 40.9 Å². The minimum Gasteiger partial charge on any atom is -0.493 e. The number of hydrogen-bond acceptors (Lipinski definition) is 6. The quantitative estimate of drug-likeness (QED) is 0.177. The third-order valence-corrected chi connectivity index (χ3v) is 6.19. The van der Waals surface area contributed by atoms with Crippen molar-refractivity contribution in [2.24, 2.45) is 0 Å². The largest absolute Gasteiger partial charge is 0.493 e. The van der Waals surface area contributed by atoms with E-state index in [1.807, 2.05) is 38.1 Å². The summed E-state index contributed by atoms with van der Waals surface area (Å²) in [5.74, 6) is -0.130. The topological polar surface area (TPSA) is 94.2 Å². The highest BCUT2D eigenvalue weighted by atomic mass is 35.5. The first-order chi connectivity index (χ1) is 18.8. The molecule has 10 heteroatoms. The van der Waals surface area contributed by atoms with Gasteiger partial charge in [0.25, 0.3) is 11.8 Å². The van der Waals surface area contributed by atoms with Crippen LogP contribution >= 0.6 is 23.2 Å². The summed E-state index contributed by atoms with van der Waals surface area (Å²) in [7, 11) is 0. The molecule has 1 N–H and O–H groups in total. The van der Waals surface area contributed by atoms with Crippen molar-refractivity contribution in [1.82, 2.24) is 5.32 Å². The molecule has 39 heavy (non-hydrogen) atoms. The number of carbonyl (C=O) groups excluding carboxylic acids is 3. The van der Waals surface area contributed by atoms with Crippen LogP contribution in [0.25, 0.3) is 6.08 Å². The maximum Gasteiger partial charge on any atom is 0.335 e. The first kappa shape index (κ1) is 28.0. The molecular weight excluding hydrogens is 543 g/mol. The Morgan fingerprint density at radius 3 is 2.28 bits per heavy atom. The molecule has 0 aromatic heterocycles. The van der Waals surface area contributed by atoms with Gasteiger partial charge < -0.3 is 14.2 Å². The molecule has 0 atom stereocenters. The highest BCUT2D eigenvalue weighted by Crippen LogP contribution is 2.38. The average Bonchev–Trinajstić information content (AvgIpc) is 2.90. The van der Waals surface area contributed by atoms with E-state index >= 15 is 0 Å². The SMILES string of the molecule is CCOc1cc(/C=C2/C(=O)NC(=O)N(c3ccc(Cl)cc3)C2=O)cc(Cl)c1OCCCOc1ccc(C)cc1. The van der Waals surface area contributed by atoms with Crippen molar-refractivity contribution in [2.45, 2.75) is 20.3 Å². The third kappa shape index (κ3) is 6.90. The van der Waals surface area contributed by atoms with Crippen LogP contribution in [0, 0.1) is 6.92 Å². The predicted octanol–water partition coefficient (Wildman–Crippen LogP) is 6.21. The maximum absolute atomic E-state index is 13.2. The fraction of sp³-hybridized carbons (Fsp3) is 0.207. The number of ether oxygens (including phenoxy) is 3. The van der Waals surface area contributed by atoms with E-state index in [4.69, 9.17) is 37.4 Å². The van der Waals surface area contributed by atoms with Crippen LogP contribution in [0.4, 0.5) is 10.5 Å². The number of anilines is 1. The molecule has 1 aliphatic heterocycles. The lowest BCUT2D eigenvalue weighted by molar-refractivity contribution is -0.122. The summed E-state index contributed by atoms with van der Waals surface area (Å²) in [6.07, 6.45) is 1.95. The number of nitrogens with zero attached hydrogens (tertiary/aromatic N) is 1. The number of rotatable bonds is 10. The molecule has 4 amide bonds. The van der Waals surface area contributed by atoms with Crippen LogP contribution in [0.2, 0.25) is 10.0 Å². The van der Waals surface area contributed by atoms with Crippen molar-refractivity contribution in [1.29, 1.82) is 0 Å². The summed E-state index contributed by atoms with van der Waals surface area (Å²) in [4.78, 5) is 39.0. The fourth-order valence-electron chi connectivity index (χ4n) is 3.78. The van der Waals surface area contributed by atoms with Gasteiger partial charge in [0.05, 0.1) is 30.5 Å². The van der Waals surface area contributed by atoms with Gasteiger partial charge in [0.2, 0.25) is 0 Å². The molecule has 3 aromatic rings. The van der Waals surface area contributed by atoms with Crippen molar-refractivity contribution >= 4 is 52.8 Å². The molecule has 0 unspecified atom stereocenters. The molecule has 202 valence electrons. The van der Waals surface area contributed by atoms with Gasteiger partial charge in [-0.15, -0.1) is 0 Å². The zero-order valence-corrected chi connectivity index (χ0v) is 22.8. The number of hydrogen-bond donors (Lipinski definition) is 1. The summed E-state index contributed by atoms with van der Waals surface area (Å²) in [6, 6.07) is 16.2. The second kappa shape index (κ2) is 12.7. The van der Waals surface area contributed by atoms with Crippen molar-refractivity contribution in [2.75, 3.05) is 24.7 Å². The van der Waals surface area contributed by atoms with E-state index in [9.17, 15) is 14.4 Å². The molecule has 1 heterocycles. The van der Waals surface area contributed by atoms with Gasteiger partial charge in [0.1, 0.15) is 11.3 Å². The van der Waals surface area contributed by atoms with Crippen LogP contribution in [0.1, 0.15) is 24.5 Å². The van der Waals surface area contributed by atoms with E-state index in [0.29, 0.717) is 48.3 Å². The summed E-state index contributed by atoms with van der Waals surface area (Å²) in [5.41, 5.74) is 1.60. The molecule has 3 aromatic carbocycles. The van der Waals surface area contributed by atoms with Gasteiger partial charge in [-0.25, -0.2) is 9.69 Å². The number of nitrogens with one attached hydrogen (secondary N) is 1. The second-order valence-corrected chi connectivity index (χ2v) is 9.40. The Bertz CT molecular complexity index is 1400. The normalized spacial score (nSPS) is 14.4. The number of urea groups is 1. The molecule has 0 aliphatic carbocycles. The van der Waals surface area contributed by atoms with Crippen LogP contribution in [0.3, 0.4) is 0 Å². The molecule has 0 radical (unpaired) electrons. The average molecular weight is 569 g/mol. The Labute approximate surface area is 236 Å². The lowest BCUT2D eigenvalue weighted by atomic mass is 10.1. The first-order valence-corrected chi connectivity index (χ1v) is 13.0. The van der Waals surface area contributed by atoms with E-state index in [0.717, 1.165) is 16.2 Å². The summed E-state index contributed by atoms with van der Waals surface area (Å²) in [6.45, 7) is 4.94. The highest BCUT2D eigenvalue weighted by molar-refractivity contribution is 6.39. The smallest absolute Gasteiger partial charge is 0.335 e. The first-order valence-electron chi connectivity index (χ1n) is 12.2. The molecule has 1 aliphatic rings. The van der Waals surface area contributed by atoms with Gasteiger partial charge in [-0.05, 0) is 74.0 Å². The molecule has 1 fully saturated rings. The number of carbonyl (C=O) groups is 3. The molecule has 1 saturated heterocycles. The summed E-state index contributed by atoms with van der Waals surface area (Å²) < 4.78 is 17.3. The fourth-order valence-corrected chi connectivity index (χ4v) is 4.18. The van der Waals surface area contributed by atoms with Crippen LogP contribution in [0.15, 0.2) is 66.2 Å². The number of amides is 4. The number of barbiturate groups is 1. The number of benzene rings is 3. The zero-order valence-electron chi connectivity index (χ0n) is 21.3. The highest BCUT2D eigenvalue weighted by Gasteiger charge is 2.36. The molecule has 0 saturated carbocycles. The lowest BCUT2D eigenvalue weighted by Crippen LogP contribution is -2.54. The standard InChI is InChI=1S/C29H26Cl2N2O6/c1-3-37-25-17-19(16-24(31)26(25)39-14-4-13-38-22-11-5-18(2)6-12-22)15-23-27(34)32-29(36)33(28(23)35)21-9-7-20(30)8-10-21/h5-12,15-17H,3-4,13-14H2,1-2H3,(H,32,34,36)/b23-15-. The summed E-state index contributed by atoms with van der Waals surface area (Å²) >= 11 is 12.4. The summed E-state index contributed by atoms with van der Waals surface area (Å²) in [5, 5.41) is 2.87. The van der Waals surface area contributed by atoms with Gasteiger partial charge >= 0.3 is 6.03 Å². The molecule has 4 rings (SSSR count). The van der Waals surface area contributed by atoms with Crippen molar-refractivity contribution in [3.63, 3.8) is 0 Å². The van der Waals surface area contributed by atoms with Crippen molar-refractivity contribution < 1.29 is 28.6 Å².